The molecule has 0 aliphatic heterocycles. The molecule has 3 rings (SSSR count). The van der Waals surface area contributed by atoms with Gasteiger partial charge in [-0.05, 0) is 41.0 Å². The van der Waals surface area contributed by atoms with Gasteiger partial charge in [-0.25, -0.2) is 0 Å². The summed E-state index contributed by atoms with van der Waals surface area (Å²) >= 11 is 0. The summed E-state index contributed by atoms with van der Waals surface area (Å²) in [5.41, 5.74) is 3.23. The van der Waals surface area contributed by atoms with Crippen LogP contribution in [0.4, 0.5) is 0 Å². The Labute approximate surface area is 146 Å². The first-order chi connectivity index (χ1) is 12.2. The average molecular weight is 336 g/mol. The van der Waals surface area contributed by atoms with Crippen molar-refractivity contribution in [1.82, 2.24) is 0 Å². The molecule has 0 spiro atoms. The highest BCUT2D eigenvalue weighted by Crippen LogP contribution is 2.36. The predicted octanol–water partition coefficient (Wildman–Crippen LogP) is 4.14. The summed E-state index contributed by atoms with van der Waals surface area (Å²) < 4.78 is 11.0. The number of phenols is 1. The summed E-state index contributed by atoms with van der Waals surface area (Å²) in [4.78, 5) is 0. The molecule has 4 heteroatoms. The first-order valence-electron chi connectivity index (χ1n) is 7.99. The van der Waals surface area contributed by atoms with Crippen molar-refractivity contribution in [2.45, 2.75) is 13.2 Å². The Morgan fingerprint density at radius 1 is 0.880 bits per heavy atom. The van der Waals surface area contributed by atoms with E-state index in [4.69, 9.17) is 9.47 Å². The van der Waals surface area contributed by atoms with Crippen molar-refractivity contribution in [2.75, 3.05) is 7.11 Å². The number of hydrogen-bond donors (Lipinski definition) is 2. The van der Waals surface area contributed by atoms with E-state index in [9.17, 15) is 10.2 Å². The van der Waals surface area contributed by atoms with Crippen LogP contribution in [-0.2, 0) is 13.2 Å². The molecule has 3 aromatic rings. The zero-order chi connectivity index (χ0) is 17.6. The molecule has 0 amide bonds. The molecule has 0 aliphatic carbocycles. The van der Waals surface area contributed by atoms with E-state index in [1.165, 1.54) is 0 Å². The molecule has 0 fully saturated rings. The molecule has 3 aromatic carbocycles. The van der Waals surface area contributed by atoms with Crippen molar-refractivity contribution in [3.05, 3.63) is 77.9 Å². The lowest BCUT2D eigenvalue weighted by molar-refractivity contribution is 0.263. The van der Waals surface area contributed by atoms with Gasteiger partial charge in [-0.1, -0.05) is 42.5 Å². The van der Waals surface area contributed by atoms with E-state index in [1.807, 2.05) is 54.6 Å². The monoisotopic (exact) mass is 336 g/mol. The number of methoxy groups -OCH3 is 1. The molecule has 0 aliphatic rings. The van der Waals surface area contributed by atoms with Crippen LogP contribution in [0, 0.1) is 0 Å². The Balaban J connectivity index is 1.91. The maximum absolute atomic E-state index is 10.3. The predicted molar refractivity (Wildman–Crippen MR) is 96.8 cm³/mol. The topological polar surface area (TPSA) is 58.9 Å². The summed E-state index contributed by atoms with van der Waals surface area (Å²) in [5, 5.41) is 19.9. The third-order valence-corrected chi connectivity index (χ3v) is 3.98. The molecular formula is C21H20O4. The molecule has 4 nitrogen and oxygen atoms in total. The van der Waals surface area contributed by atoms with Gasteiger partial charge in [0.15, 0.2) is 11.5 Å². The molecule has 0 unspecified atom stereocenters. The molecule has 0 atom stereocenters. The molecule has 0 saturated heterocycles. The number of benzene rings is 3. The third kappa shape index (κ3) is 3.92. The van der Waals surface area contributed by atoms with E-state index in [1.54, 1.807) is 19.2 Å². The quantitative estimate of drug-likeness (QED) is 0.710. The zero-order valence-electron chi connectivity index (χ0n) is 14.0. The minimum Gasteiger partial charge on any atom is -0.504 e. The zero-order valence-corrected chi connectivity index (χ0v) is 14.0. The molecule has 0 aromatic heterocycles. The van der Waals surface area contributed by atoms with Crippen molar-refractivity contribution >= 4 is 0 Å². The van der Waals surface area contributed by atoms with E-state index < -0.39 is 0 Å². The van der Waals surface area contributed by atoms with Crippen molar-refractivity contribution < 1.29 is 19.7 Å². The fourth-order valence-electron chi connectivity index (χ4n) is 2.58. The van der Waals surface area contributed by atoms with Crippen molar-refractivity contribution in [3.63, 3.8) is 0 Å². The van der Waals surface area contributed by atoms with Gasteiger partial charge < -0.3 is 19.7 Å². The minimum atomic E-state index is -0.266. The van der Waals surface area contributed by atoms with Crippen LogP contribution in [0.2, 0.25) is 0 Å². The van der Waals surface area contributed by atoms with E-state index in [-0.39, 0.29) is 12.4 Å². The molecule has 0 bridgehead atoms. The lowest BCUT2D eigenvalue weighted by atomic mass is 10.0. The van der Waals surface area contributed by atoms with Crippen LogP contribution in [0.1, 0.15) is 11.1 Å². The van der Waals surface area contributed by atoms with Gasteiger partial charge in [0.2, 0.25) is 0 Å². The summed E-state index contributed by atoms with van der Waals surface area (Å²) in [7, 11) is 1.62. The second-order valence-electron chi connectivity index (χ2n) is 5.64. The SMILES string of the molecule is COc1ccc(-c2cc(CO)c(O)c(OCc3ccccc3)c2)cc1. The fraction of sp³-hybridized carbons (Fsp3) is 0.143. The van der Waals surface area contributed by atoms with Crippen molar-refractivity contribution in [3.8, 4) is 28.4 Å². The number of ether oxygens (including phenoxy) is 2. The lowest BCUT2D eigenvalue weighted by Gasteiger charge is -2.14. The Hall–Kier alpha value is -2.98. The van der Waals surface area contributed by atoms with Crippen molar-refractivity contribution in [1.29, 1.82) is 0 Å². The Morgan fingerprint density at radius 2 is 1.60 bits per heavy atom. The smallest absolute Gasteiger partial charge is 0.163 e. The van der Waals surface area contributed by atoms with Crippen LogP contribution >= 0.6 is 0 Å². The Kier molecular flexibility index (Phi) is 5.21. The van der Waals surface area contributed by atoms with Crippen LogP contribution in [0.5, 0.6) is 17.2 Å². The van der Waals surface area contributed by atoms with E-state index in [0.29, 0.717) is 17.9 Å². The number of aliphatic hydroxyl groups is 1. The van der Waals surface area contributed by atoms with Gasteiger partial charge in [-0.2, -0.15) is 0 Å². The highest BCUT2D eigenvalue weighted by atomic mass is 16.5. The van der Waals surface area contributed by atoms with Gasteiger partial charge in [-0.3, -0.25) is 0 Å². The van der Waals surface area contributed by atoms with Gasteiger partial charge >= 0.3 is 0 Å². The standard InChI is InChI=1S/C21H20O4/c1-24-19-9-7-16(8-10-19)17-11-18(13-22)21(23)20(12-17)25-14-15-5-3-2-4-6-15/h2-12,22-23H,13-14H2,1H3. The number of aromatic hydroxyl groups is 1. The third-order valence-electron chi connectivity index (χ3n) is 3.98. The molecule has 25 heavy (non-hydrogen) atoms. The Bertz CT molecular complexity index is 827. The van der Waals surface area contributed by atoms with Gasteiger partial charge in [0.05, 0.1) is 13.7 Å². The summed E-state index contributed by atoms with van der Waals surface area (Å²) in [6, 6.07) is 20.8. The molecule has 0 radical (unpaired) electrons. The lowest BCUT2D eigenvalue weighted by Crippen LogP contribution is -1.98. The second kappa shape index (κ2) is 7.73. The number of hydrogen-bond acceptors (Lipinski definition) is 4. The largest absolute Gasteiger partial charge is 0.504 e. The first-order valence-corrected chi connectivity index (χ1v) is 7.99. The second-order valence-corrected chi connectivity index (χ2v) is 5.64. The average Bonchev–Trinajstić information content (AvgIpc) is 2.68. The van der Waals surface area contributed by atoms with Crippen LogP contribution < -0.4 is 9.47 Å². The molecule has 128 valence electrons. The van der Waals surface area contributed by atoms with E-state index in [2.05, 4.69) is 0 Å². The number of rotatable bonds is 6. The maximum atomic E-state index is 10.3. The van der Waals surface area contributed by atoms with Crippen LogP contribution in [0.25, 0.3) is 11.1 Å². The van der Waals surface area contributed by atoms with Gasteiger partial charge in [0.25, 0.3) is 0 Å². The van der Waals surface area contributed by atoms with Gasteiger partial charge in [0.1, 0.15) is 12.4 Å². The van der Waals surface area contributed by atoms with Crippen LogP contribution in [-0.4, -0.2) is 17.3 Å². The van der Waals surface area contributed by atoms with Crippen molar-refractivity contribution in [2.24, 2.45) is 0 Å². The minimum absolute atomic E-state index is 0.0318. The summed E-state index contributed by atoms with van der Waals surface area (Å²) in [6.45, 7) is 0.0723. The highest BCUT2D eigenvalue weighted by molar-refractivity contribution is 5.69. The van der Waals surface area contributed by atoms with E-state index in [0.717, 1.165) is 22.4 Å². The summed E-state index contributed by atoms with van der Waals surface area (Å²) in [6.07, 6.45) is 0. The van der Waals surface area contributed by atoms with E-state index >= 15 is 0 Å². The molecule has 0 heterocycles. The highest BCUT2D eigenvalue weighted by Gasteiger charge is 2.12. The normalized spacial score (nSPS) is 10.5. The Morgan fingerprint density at radius 3 is 2.24 bits per heavy atom. The first kappa shape index (κ1) is 16.9. The molecule has 2 N–H and O–H groups in total. The molecule has 0 saturated carbocycles. The number of aliphatic hydroxyl groups excluding tert-OH is 1. The van der Waals surface area contributed by atoms with Crippen LogP contribution in [0.15, 0.2) is 66.7 Å². The summed E-state index contributed by atoms with van der Waals surface area (Å²) in [5.74, 6) is 1.09. The van der Waals surface area contributed by atoms with Crippen LogP contribution in [0.3, 0.4) is 0 Å². The molecular weight excluding hydrogens is 316 g/mol. The maximum Gasteiger partial charge on any atom is 0.163 e. The van der Waals surface area contributed by atoms with Gasteiger partial charge in [0, 0.05) is 5.56 Å². The van der Waals surface area contributed by atoms with Gasteiger partial charge in [-0.15, -0.1) is 0 Å². The fourth-order valence-corrected chi connectivity index (χ4v) is 2.58.